The van der Waals surface area contributed by atoms with E-state index in [-0.39, 0.29) is 6.61 Å². The van der Waals surface area contributed by atoms with Crippen LogP contribution in [-0.2, 0) is 4.79 Å². The Morgan fingerprint density at radius 1 is 1.14 bits per heavy atom. The lowest BCUT2D eigenvalue weighted by Crippen LogP contribution is -2.50. The maximum atomic E-state index is 12.7. The Hall–Kier alpha value is -0.610. The largest absolute Gasteiger partial charge is 0.396 e. The molecule has 122 valence electrons. The highest BCUT2D eigenvalue weighted by Gasteiger charge is 2.28. The molecule has 2 rings (SSSR count). The molecule has 0 aromatic rings. The second-order valence-electron chi connectivity index (χ2n) is 6.60. The minimum atomic E-state index is 0.232. The van der Waals surface area contributed by atoms with Gasteiger partial charge in [-0.1, -0.05) is 25.7 Å². The number of carbonyl (C=O) groups excluding carboxylic acids is 1. The smallest absolute Gasteiger partial charge is 0.236 e. The molecule has 1 atom stereocenters. The number of rotatable bonds is 6. The lowest BCUT2D eigenvalue weighted by molar-refractivity contribution is -0.136. The van der Waals surface area contributed by atoms with Crippen LogP contribution in [0.25, 0.3) is 0 Å². The first kappa shape index (κ1) is 16.8. The Morgan fingerprint density at radius 3 is 2.52 bits per heavy atom. The van der Waals surface area contributed by atoms with Gasteiger partial charge in [0.05, 0.1) is 6.54 Å². The predicted octanol–water partition coefficient (Wildman–Crippen LogP) is 2.40. The van der Waals surface area contributed by atoms with Crippen molar-refractivity contribution in [1.82, 2.24) is 9.80 Å². The van der Waals surface area contributed by atoms with Gasteiger partial charge in [0.15, 0.2) is 0 Å². The van der Waals surface area contributed by atoms with E-state index in [9.17, 15) is 9.90 Å². The van der Waals surface area contributed by atoms with Crippen LogP contribution in [0.4, 0.5) is 0 Å². The quantitative estimate of drug-likeness (QED) is 0.818. The summed E-state index contributed by atoms with van der Waals surface area (Å²) in [6.07, 6.45) is 10.6. The van der Waals surface area contributed by atoms with Crippen LogP contribution in [0.5, 0.6) is 0 Å². The van der Waals surface area contributed by atoms with Crippen molar-refractivity contribution in [2.75, 3.05) is 26.2 Å². The molecule has 0 bridgehead atoms. The number of likely N-dealkylation sites (N-methyl/N-ethyl adjacent to an activating group) is 1. The van der Waals surface area contributed by atoms with E-state index >= 15 is 0 Å². The van der Waals surface area contributed by atoms with E-state index in [0.717, 1.165) is 25.9 Å². The van der Waals surface area contributed by atoms with Crippen molar-refractivity contribution in [1.29, 1.82) is 0 Å². The van der Waals surface area contributed by atoms with Gasteiger partial charge in [0.2, 0.25) is 5.91 Å². The number of carbonyl (C=O) groups is 1. The number of hydrogen-bond donors (Lipinski definition) is 1. The lowest BCUT2D eigenvalue weighted by atomic mass is 9.94. The highest BCUT2D eigenvalue weighted by atomic mass is 16.3. The van der Waals surface area contributed by atoms with E-state index in [1.807, 2.05) is 0 Å². The molecule has 4 nitrogen and oxygen atoms in total. The van der Waals surface area contributed by atoms with Gasteiger partial charge in [-0.15, -0.1) is 0 Å². The Kier molecular flexibility index (Phi) is 6.97. The summed E-state index contributed by atoms with van der Waals surface area (Å²) in [7, 11) is 0. The van der Waals surface area contributed by atoms with Gasteiger partial charge in [0.1, 0.15) is 0 Å². The fraction of sp³-hybridized carbons (Fsp3) is 0.941. The number of aliphatic hydroxyl groups is 1. The van der Waals surface area contributed by atoms with Crippen LogP contribution in [0.1, 0.15) is 64.7 Å². The summed E-state index contributed by atoms with van der Waals surface area (Å²) < 4.78 is 0. The first-order valence-electron chi connectivity index (χ1n) is 8.90. The van der Waals surface area contributed by atoms with Crippen molar-refractivity contribution in [2.45, 2.75) is 76.8 Å². The fourth-order valence-corrected chi connectivity index (χ4v) is 4.04. The molecule has 1 saturated carbocycles. The molecule has 0 radical (unpaired) electrons. The summed E-state index contributed by atoms with van der Waals surface area (Å²) >= 11 is 0. The van der Waals surface area contributed by atoms with E-state index in [2.05, 4.69) is 16.7 Å². The average Bonchev–Trinajstić information content (AvgIpc) is 2.51. The number of aliphatic hydroxyl groups excluding tert-OH is 1. The molecule has 1 N–H and O–H groups in total. The molecular weight excluding hydrogens is 264 g/mol. The van der Waals surface area contributed by atoms with Crippen molar-refractivity contribution in [2.24, 2.45) is 0 Å². The summed E-state index contributed by atoms with van der Waals surface area (Å²) in [6, 6.07) is 0.870. The normalized spacial score (nSPS) is 25.0. The third-order valence-corrected chi connectivity index (χ3v) is 5.23. The van der Waals surface area contributed by atoms with Crippen LogP contribution in [0, 0.1) is 0 Å². The van der Waals surface area contributed by atoms with Crippen LogP contribution in [0.15, 0.2) is 0 Å². The van der Waals surface area contributed by atoms with E-state index in [1.54, 1.807) is 0 Å². The monoisotopic (exact) mass is 296 g/mol. The summed E-state index contributed by atoms with van der Waals surface area (Å²) in [4.78, 5) is 17.1. The Morgan fingerprint density at radius 2 is 1.86 bits per heavy atom. The summed E-state index contributed by atoms with van der Waals surface area (Å²) in [6.45, 7) is 4.74. The van der Waals surface area contributed by atoms with Gasteiger partial charge in [-0.2, -0.15) is 0 Å². The summed E-state index contributed by atoms with van der Waals surface area (Å²) in [5.74, 6) is 0.300. The molecule has 0 aromatic carbocycles. The van der Waals surface area contributed by atoms with Gasteiger partial charge >= 0.3 is 0 Å². The molecule has 1 saturated heterocycles. The van der Waals surface area contributed by atoms with Crippen LogP contribution in [0.2, 0.25) is 0 Å². The van der Waals surface area contributed by atoms with Crippen molar-refractivity contribution in [3.05, 3.63) is 0 Å². The Labute approximate surface area is 129 Å². The zero-order valence-electron chi connectivity index (χ0n) is 13.6. The SMILES string of the molecule is CCN(C(=O)CN1CCCCC1CCO)C1CCCCC1. The fourth-order valence-electron chi connectivity index (χ4n) is 4.04. The number of amides is 1. The highest BCUT2D eigenvalue weighted by molar-refractivity contribution is 5.78. The minimum absolute atomic E-state index is 0.232. The number of likely N-dealkylation sites (tertiary alicyclic amines) is 1. The topological polar surface area (TPSA) is 43.8 Å². The molecule has 1 heterocycles. The third-order valence-electron chi connectivity index (χ3n) is 5.23. The molecule has 0 spiro atoms. The second kappa shape index (κ2) is 8.74. The van der Waals surface area contributed by atoms with Crippen LogP contribution in [-0.4, -0.2) is 59.1 Å². The van der Waals surface area contributed by atoms with E-state index in [0.29, 0.717) is 24.5 Å². The first-order valence-corrected chi connectivity index (χ1v) is 8.90. The average molecular weight is 296 g/mol. The van der Waals surface area contributed by atoms with Crippen LogP contribution >= 0.6 is 0 Å². The maximum absolute atomic E-state index is 12.7. The van der Waals surface area contributed by atoms with Crippen molar-refractivity contribution in [3.63, 3.8) is 0 Å². The van der Waals surface area contributed by atoms with Crippen molar-refractivity contribution < 1.29 is 9.90 Å². The molecule has 4 heteroatoms. The molecular formula is C17H32N2O2. The van der Waals surface area contributed by atoms with Crippen LogP contribution in [0.3, 0.4) is 0 Å². The highest BCUT2D eigenvalue weighted by Crippen LogP contribution is 2.24. The first-order chi connectivity index (χ1) is 10.3. The van der Waals surface area contributed by atoms with Gasteiger partial charge in [0, 0.05) is 25.2 Å². The summed E-state index contributed by atoms with van der Waals surface area (Å²) in [5.41, 5.74) is 0. The molecule has 1 aliphatic carbocycles. The standard InChI is InChI=1S/C17H32N2O2/c1-2-19(16-9-4-3-5-10-16)17(21)14-18-12-7-6-8-15(18)11-13-20/h15-16,20H,2-14H2,1H3. The zero-order chi connectivity index (χ0) is 15.1. The molecule has 2 aliphatic rings. The number of hydrogen-bond acceptors (Lipinski definition) is 3. The van der Waals surface area contributed by atoms with Crippen molar-refractivity contribution in [3.8, 4) is 0 Å². The maximum Gasteiger partial charge on any atom is 0.236 e. The van der Waals surface area contributed by atoms with Gasteiger partial charge in [-0.25, -0.2) is 0 Å². The van der Waals surface area contributed by atoms with Crippen LogP contribution < -0.4 is 0 Å². The van der Waals surface area contributed by atoms with Crippen molar-refractivity contribution >= 4 is 5.91 Å². The van der Waals surface area contributed by atoms with Gasteiger partial charge < -0.3 is 10.0 Å². The van der Waals surface area contributed by atoms with Gasteiger partial charge in [-0.3, -0.25) is 9.69 Å². The van der Waals surface area contributed by atoms with E-state index in [1.165, 1.54) is 44.9 Å². The second-order valence-corrected chi connectivity index (χ2v) is 6.60. The molecule has 1 amide bonds. The Balaban J connectivity index is 1.90. The van der Waals surface area contributed by atoms with Gasteiger partial charge in [0.25, 0.3) is 0 Å². The minimum Gasteiger partial charge on any atom is -0.396 e. The van der Waals surface area contributed by atoms with Gasteiger partial charge in [-0.05, 0) is 45.6 Å². The molecule has 1 aliphatic heterocycles. The third kappa shape index (κ3) is 4.68. The Bertz CT molecular complexity index is 314. The summed E-state index contributed by atoms with van der Waals surface area (Å²) in [5, 5.41) is 9.21. The number of piperidine rings is 1. The lowest BCUT2D eigenvalue weighted by Gasteiger charge is -2.39. The van der Waals surface area contributed by atoms with E-state index < -0.39 is 0 Å². The molecule has 1 unspecified atom stereocenters. The zero-order valence-corrected chi connectivity index (χ0v) is 13.6. The molecule has 21 heavy (non-hydrogen) atoms. The van der Waals surface area contributed by atoms with E-state index in [4.69, 9.17) is 0 Å². The predicted molar refractivity (Wildman–Crippen MR) is 85.2 cm³/mol. The number of nitrogens with zero attached hydrogens (tertiary/aromatic N) is 2. The molecule has 0 aromatic heterocycles. The molecule has 2 fully saturated rings.